The maximum Gasteiger partial charge on any atom is 0.295 e. The van der Waals surface area contributed by atoms with E-state index in [1.807, 2.05) is 19.0 Å². The van der Waals surface area contributed by atoms with Crippen molar-refractivity contribution >= 4 is 23.1 Å². The fourth-order valence-corrected chi connectivity index (χ4v) is 3.81. The summed E-state index contributed by atoms with van der Waals surface area (Å²) >= 11 is 0. The highest BCUT2D eigenvalue weighted by molar-refractivity contribution is 6.46. The smallest absolute Gasteiger partial charge is 0.295 e. The van der Waals surface area contributed by atoms with Crippen molar-refractivity contribution in [1.82, 2.24) is 9.80 Å². The van der Waals surface area contributed by atoms with Crippen LogP contribution >= 0.6 is 0 Å². The van der Waals surface area contributed by atoms with E-state index in [0.29, 0.717) is 36.4 Å². The lowest BCUT2D eigenvalue weighted by molar-refractivity contribution is -0.384. The summed E-state index contributed by atoms with van der Waals surface area (Å²) in [6, 6.07) is 11.3. The molecule has 9 heteroatoms. The molecule has 0 saturated carbocycles. The molecule has 0 radical (unpaired) electrons. The summed E-state index contributed by atoms with van der Waals surface area (Å²) in [6.07, 6.45) is 2.22. The second-order valence-electron chi connectivity index (χ2n) is 8.12. The van der Waals surface area contributed by atoms with Gasteiger partial charge in [-0.05, 0) is 69.0 Å². The molecule has 0 aliphatic carbocycles. The average Bonchev–Trinajstić information content (AvgIpc) is 3.07. The summed E-state index contributed by atoms with van der Waals surface area (Å²) in [5.41, 5.74) is 0.693. The van der Waals surface area contributed by atoms with Gasteiger partial charge in [-0.15, -0.1) is 0 Å². The SMILES string of the molecule is C=CCOc1ccc(C(O)=C2C(=O)C(=O)N(CCCN(C)C)[C@@H]2c2ccc([N+](=O)[O-])cc2)cc1. The van der Waals surface area contributed by atoms with Crippen LogP contribution in [0.2, 0.25) is 0 Å². The molecule has 1 saturated heterocycles. The molecule has 1 N–H and O–H groups in total. The van der Waals surface area contributed by atoms with E-state index >= 15 is 0 Å². The van der Waals surface area contributed by atoms with Crippen molar-refractivity contribution in [3.8, 4) is 5.75 Å². The van der Waals surface area contributed by atoms with Crippen LogP contribution in [0.3, 0.4) is 0 Å². The van der Waals surface area contributed by atoms with Crippen molar-refractivity contribution in [3.63, 3.8) is 0 Å². The third kappa shape index (κ3) is 5.32. The second-order valence-corrected chi connectivity index (χ2v) is 8.12. The summed E-state index contributed by atoms with van der Waals surface area (Å²) in [6.45, 7) is 4.90. The van der Waals surface area contributed by atoms with E-state index in [-0.39, 0.29) is 23.6 Å². The number of nitro groups is 1. The molecule has 1 amide bonds. The minimum Gasteiger partial charge on any atom is -0.507 e. The minimum absolute atomic E-state index is 0.0523. The number of nitrogens with zero attached hydrogens (tertiary/aromatic N) is 3. The van der Waals surface area contributed by atoms with E-state index in [0.717, 1.165) is 0 Å². The lowest BCUT2D eigenvalue weighted by Crippen LogP contribution is -2.32. The van der Waals surface area contributed by atoms with E-state index in [4.69, 9.17) is 4.74 Å². The Morgan fingerprint density at radius 2 is 1.82 bits per heavy atom. The van der Waals surface area contributed by atoms with Crippen molar-refractivity contribution in [3.05, 3.63) is 88.0 Å². The third-order valence-electron chi connectivity index (χ3n) is 5.46. The zero-order chi connectivity index (χ0) is 24.8. The average molecular weight is 466 g/mol. The normalized spacial score (nSPS) is 17.3. The number of non-ortho nitro benzene ring substituents is 1. The van der Waals surface area contributed by atoms with Gasteiger partial charge < -0.3 is 19.6 Å². The number of benzene rings is 2. The molecule has 2 aromatic carbocycles. The zero-order valence-electron chi connectivity index (χ0n) is 19.1. The topological polar surface area (TPSA) is 113 Å². The maximum absolute atomic E-state index is 13.0. The Bertz CT molecular complexity index is 1110. The van der Waals surface area contributed by atoms with Crippen LogP contribution in [0, 0.1) is 10.1 Å². The predicted octanol–water partition coefficient (Wildman–Crippen LogP) is 3.53. The number of ketones is 1. The van der Waals surface area contributed by atoms with Gasteiger partial charge in [0, 0.05) is 24.2 Å². The fourth-order valence-electron chi connectivity index (χ4n) is 3.81. The summed E-state index contributed by atoms with van der Waals surface area (Å²) < 4.78 is 5.45. The number of rotatable bonds is 10. The molecular formula is C25H27N3O6. The fraction of sp³-hybridized carbons (Fsp3) is 0.280. The van der Waals surface area contributed by atoms with Crippen molar-refractivity contribution in [2.45, 2.75) is 12.5 Å². The van der Waals surface area contributed by atoms with Gasteiger partial charge in [0.25, 0.3) is 17.4 Å². The molecule has 0 aromatic heterocycles. The quantitative estimate of drug-likeness (QED) is 0.143. The zero-order valence-corrected chi connectivity index (χ0v) is 19.1. The summed E-state index contributed by atoms with van der Waals surface area (Å²) in [5, 5.41) is 22.2. The Labute approximate surface area is 197 Å². The number of aliphatic hydroxyl groups excluding tert-OH is 1. The number of carbonyl (C=O) groups excluding carboxylic acids is 2. The Hall–Kier alpha value is -3.98. The number of ether oxygens (including phenoxy) is 1. The Balaban J connectivity index is 2.04. The highest BCUT2D eigenvalue weighted by atomic mass is 16.6. The number of likely N-dealkylation sites (tertiary alicyclic amines) is 1. The lowest BCUT2D eigenvalue weighted by Gasteiger charge is -2.26. The van der Waals surface area contributed by atoms with E-state index in [1.165, 1.54) is 29.2 Å². The molecular weight excluding hydrogens is 438 g/mol. The molecule has 3 rings (SSSR count). The molecule has 2 aromatic rings. The molecule has 0 bridgehead atoms. The van der Waals surface area contributed by atoms with Gasteiger partial charge in [0.2, 0.25) is 0 Å². The van der Waals surface area contributed by atoms with Crippen molar-refractivity contribution < 1.29 is 24.4 Å². The molecule has 178 valence electrons. The molecule has 9 nitrogen and oxygen atoms in total. The van der Waals surface area contributed by atoms with Gasteiger partial charge in [-0.1, -0.05) is 12.7 Å². The number of amides is 1. The van der Waals surface area contributed by atoms with Crippen LogP contribution in [-0.4, -0.2) is 65.3 Å². The minimum atomic E-state index is -0.861. The van der Waals surface area contributed by atoms with Gasteiger partial charge in [-0.2, -0.15) is 0 Å². The van der Waals surface area contributed by atoms with Crippen LogP contribution in [-0.2, 0) is 9.59 Å². The van der Waals surface area contributed by atoms with Crippen molar-refractivity contribution in [2.24, 2.45) is 0 Å². The number of Topliss-reactive ketones (excluding diaryl/α,β-unsaturated/α-hetero) is 1. The highest BCUT2D eigenvalue weighted by Gasteiger charge is 2.45. The van der Waals surface area contributed by atoms with Gasteiger partial charge in [0.05, 0.1) is 16.5 Å². The van der Waals surface area contributed by atoms with Crippen molar-refractivity contribution in [2.75, 3.05) is 33.8 Å². The van der Waals surface area contributed by atoms with Crippen LogP contribution in [0.5, 0.6) is 5.75 Å². The molecule has 1 atom stereocenters. The van der Waals surface area contributed by atoms with Gasteiger partial charge in [-0.3, -0.25) is 19.7 Å². The number of carbonyl (C=O) groups is 2. The van der Waals surface area contributed by atoms with Gasteiger partial charge in [0.1, 0.15) is 18.1 Å². The standard InChI is InChI=1S/C25H27N3O6/c1-4-16-34-20-12-8-18(9-13-20)23(29)21-22(17-6-10-19(11-7-17)28(32)33)27(25(31)24(21)30)15-5-14-26(2)3/h4,6-13,22,29H,1,5,14-16H2,2-3H3/t22-/m1/s1. The molecule has 0 unspecified atom stereocenters. The van der Waals surface area contributed by atoms with E-state index in [2.05, 4.69) is 6.58 Å². The molecule has 1 aliphatic rings. The number of hydrogen-bond donors (Lipinski definition) is 1. The first-order chi connectivity index (χ1) is 16.2. The summed E-state index contributed by atoms with van der Waals surface area (Å²) in [7, 11) is 3.81. The lowest BCUT2D eigenvalue weighted by atomic mass is 9.95. The van der Waals surface area contributed by atoms with Gasteiger partial charge >= 0.3 is 0 Å². The molecule has 1 heterocycles. The molecule has 0 spiro atoms. The van der Waals surface area contributed by atoms with E-state index in [1.54, 1.807) is 30.3 Å². The van der Waals surface area contributed by atoms with Crippen LogP contribution in [0.25, 0.3) is 5.76 Å². The summed E-state index contributed by atoms with van der Waals surface area (Å²) in [5.74, 6) is -1.26. The van der Waals surface area contributed by atoms with Crippen LogP contribution in [0.4, 0.5) is 5.69 Å². The Morgan fingerprint density at radius 3 is 2.38 bits per heavy atom. The second kappa shape index (κ2) is 10.8. The highest BCUT2D eigenvalue weighted by Crippen LogP contribution is 2.40. The largest absolute Gasteiger partial charge is 0.507 e. The molecule has 34 heavy (non-hydrogen) atoms. The molecule has 1 aliphatic heterocycles. The van der Waals surface area contributed by atoms with Crippen LogP contribution < -0.4 is 4.74 Å². The first kappa shape index (κ1) is 24.7. The van der Waals surface area contributed by atoms with Gasteiger partial charge in [0.15, 0.2) is 0 Å². The first-order valence-corrected chi connectivity index (χ1v) is 10.8. The van der Waals surface area contributed by atoms with Crippen molar-refractivity contribution in [1.29, 1.82) is 0 Å². The van der Waals surface area contributed by atoms with Gasteiger partial charge in [-0.25, -0.2) is 0 Å². The number of aliphatic hydroxyl groups is 1. The third-order valence-corrected chi connectivity index (χ3v) is 5.46. The Morgan fingerprint density at radius 1 is 1.18 bits per heavy atom. The predicted molar refractivity (Wildman–Crippen MR) is 127 cm³/mol. The number of hydrogen-bond acceptors (Lipinski definition) is 7. The van der Waals surface area contributed by atoms with Crippen LogP contribution in [0.15, 0.2) is 66.8 Å². The van der Waals surface area contributed by atoms with E-state index in [9.17, 15) is 24.8 Å². The monoisotopic (exact) mass is 465 g/mol. The number of nitro benzene ring substituents is 1. The Kier molecular flexibility index (Phi) is 7.80. The maximum atomic E-state index is 13.0. The first-order valence-electron chi connectivity index (χ1n) is 10.8. The summed E-state index contributed by atoms with van der Waals surface area (Å²) in [4.78, 5) is 39.9. The molecule has 1 fully saturated rings. The van der Waals surface area contributed by atoms with Crippen LogP contribution in [0.1, 0.15) is 23.6 Å². The van der Waals surface area contributed by atoms with E-state index < -0.39 is 22.7 Å².